The Morgan fingerprint density at radius 1 is 0.633 bits per heavy atom. The first-order valence-corrected chi connectivity index (χ1v) is 12.1. The van der Waals surface area contributed by atoms with Crippen LogP contribution in [0.5, 0.6) is 0 Å². The first-order chi connectivity index (χ1) is 14.6. The monoisotopic (exact) mass is 432 g/mol. The second-order valence-corrected chi connectivity index (χ2v) is 7.72. The standard InChI is InChI=1S/C20H38O3.C4H10O3/c1-3-4-5-6-7-8-9-10-11-12-13-14-15-16-17-18-20(22)23-19(2)21;5-1-3-7-4-2-6/h3-18H2,1-2H3;5-6H,1-4H2. The van der Waals surface area contributed by atoms with Crippen LogP contribution in [0.3, 0.4) is 0 Å². The van der Waals surface area contributed by atoms with Crippen molar-refractivity contribution in [2.45, 2.75) is 117 Å². The fraction of sp³-hybridized carbons (Fsp3) is 0.917. The van der Waals surface area contributed by atoms with E-state index < -0.39 is 5.97 Å². The zero-order chi connectivity index (χ0) is 22.7. The highest BCUT2D eigenvalue weighted by Gasteiger charge is 2.04. The zero-order valence-electron chi connectivity index (χ0n) is 19.7. The molecule has 0 amide bonds. The third kappa shape index (κ3) is 31.7. The van der Waals surface area contributed by atoms with Crippen molar-refractivity contribution in [3.8, 4) is 0 Å². The van der Waals surface area contributed by atoms with Gasteiger partial charge in [-0.15, -0.1) is 0 Å². The van der Waals surface area contributed by atoms with E-state index in [0.717, 1.165) is 12.8 Å². The molecule has 0 aromatic carbocycles. The average Bonchev–Trinajstić information content (AvgIpc) is 2.71. The summed E-state index contributed by atoms with van der Waals surface area (Å²) in [4.78, 5) is 21.7. The number of unbranched alkanes of at least 4 members (excludes halogenated alkanes) is 14. The molecule has 0 unspecified atom stereocenters. The maximum atomic E-state index is 11.1. The Morgan fingerprint density at radius 2 is 1.00 bits per heavy atom. The summed E-state index contributed by atoms with van der Waals surface area (Å²) in [5.74, 6) is -0.886. The highest BCUT2D eigenvalue weighted by atomic mass is 16.6. The molecule has 0 heterocycles. The SMILES string of the molecule is CCCCCCCCCCCCCCCCCC(=O)OC(C)=O.OCCOCCO. The normalized spacial score (nSPS) is 10.4. The quantitative estimate of drug-likeness (QED) is 0.153. The van der Waals surface area contributed by atoms with Crippen molar-refractivity contribution >= 4 is 11.9 Å². The van der Waals surface area contributed by atoms with Crippen molar-refractivity contribution in [2.24, 2.45) is 0 Å². The summed E-state index contributed by atoms with van der Waals surface area (Å²) < 4.78 is 9.12. The minimum absolute atomic E-state index is 0.0278. The van der Waals surface area contributed by atoms with Crippen LogP contribution < -0.4 is 0 Å². The van der Waals surface area contributed by atoms with E-state index in [9.17, 15) is 9.59 Å². The molecule has 0 aliphatic carbocycles. The summed E-state index contributed by atoms with van der Waals surface area (Å²) in [6.45, 7) is 4.23. The topological polar surface area (TPSA) is 93.1 Å². The Kier molecular flexibility index (Phi) is 29.1. The molecule has 0 radical (unpaired) electrons. The summed E-state index contributed by atoms with van der Waals surface area (Å²) in [5.41, 5.74) is 0. The summed E-state index contributed by atoms with van der Waals surface area (Å²) >= 11 is 0. The van der Waals surface area contributed by atoms with Gasteiger partial charge in [-0.1, -0.05) is 96.8 Å². The van der Waals surface area contributed by atoms with Crippen LogP contribution in [0.15, 0.2) is 0 Å². The molecule has 180 valence electrons. The minimum atomic E-state index is -0.504. The molecule has 6 heteroatoms. The predicted octanol–water partition coefficient (Wildman–Crippen LogP) is 5.33. The molecule has 0 saturated heterocycles. The Labute approximate surface area is 184 Å². The molecule has 6 nitrogen and oxygen atoms in total. The van der Waals surface area contributed by atoms with E-state index in [0.29, 0.717) is 19.6 Å². The fourth-order valence-corrected chi connectivity index (χ4v) is 3.08. The second-order valence-electron chi connectivity index (χ2n) is 7.72. The van der Waals surface area contributed by atoms with Crippen molar-refractivity contribution < 1.29 is 29.3 Å². The van der Waals surface area contributed by atoms with Gasteiger partial charge in [0.1, 0.15) is 0 Å². The van der Waals surface area contributed by atoms with Crippen LogP contribution in [0.1, 0.15) is 117 Å². The lowest BCUT2D eigenvalue weighted by Crippen LogP contribution is -2.08. The lowest BCUT2D eigenvalue weighted by molar-refractivity contribution is -0.158. The maximum Gasteiger partial charge on any atom is 0.313 e. The first kappa shape index (κ1) is 31.2. The molecule has 0 atom stereocenters. The van der Waals surface area contributed by atoms with Crippen molar-refractivity contribution in [2.75, 3.05) is 26.4 Å². The Hall–Kier alpha value is -0.980. The Balaban J connectivity index is 0. The van der Waals surface area contributed by atoms with Crippen molar-refractivity contribution in [3.63, 3.8) is 0 Å². The highest BCUT2D eigenvalue weighted by Crippen LogP contribution is 2.13. The van der Waals surface area contributed by atoms with Crippen molar-refractivity contribution in [1.29, 1.82) is 0 Å². The lowest BCUT2D eigenvalue weighted by atomic mass is 10.0. The van der Waals surface area contributed by atoms with Gasteiger partial charge in [-0.2, -0.15) is 0 Å². The van der Waals surface area contributed by atoms with E-state index in [1.807, 2.05) is 0 Å². The summed E-state index contributed by atoms with van der Waals surface area (Å²) in [5, 5.41) is 16.2. The third-order valence-corrected chi connectivity index (χ3v) is 4.71. The van der Waals surface area contributed by atoms with E-state index in [4.69, 9.17) is 10.2 Å². The Bertz CT molecular complexity index is 356. The van der Waals surface area contributed by atoms with Crippen LogP contribution in [0.2, 0.25) is 0 Å². The minimum Gasteiger partial charge on any atom is -0.394 e. The molecule has 0 aromatic heterocycles. The van der Waals surface area contributed by atoms with Gasteiger partial charge in [0.15, 0.2) is 0 Å². The van der Waals surface area contributed by atoms with E-state index in [1.165, 1.54) is 90.4 Å². The molecule has 0 saturated carbocycles. The second kappa shape index (κ2) is 28.0. The van der Waals surface area contributed by atoms with Gasteiger partial charge in [-0.3, -0.25) is 9.59 Å². The average molecular weight is 433 g/mol. The molecule has 0 bridgehead atoms. The van der Waals surface area contributed by atoms with Gasteiger partial charge in [-0.05, 0) is 6.42 Å². The number of rotatable bonds is 20. The van der Waals surface area contributed by atoms with Crippen LogP contribution in [0.25, 0.3) is 0 Å². The first-order valence-electron chi connectivity index (χ1n) is 12.1. The molecule has 2 N–H and O–H groups in total. The third-order valence-electron chi connectivity index (χ3n) is 4.71. The van der Waals surface area contributed by atoms with Crippen molar-refractivity contribution in [3.05, 3.63) is 0 Å². The molecule has 0 fully saturated rings. The molecule has 0 spiro atoms. The van der Waals surface area contributed by atoms with Crippen LogP contribution >= 0.6 is 0 Å². The fourth-order valence-electron chi connectivity index (χ4n) is 3.08. The molecule has 30 heavy (non-hydrogen) atoms. The molecule has 0 aromatic rings. The van der Waals surface area contributed by atoms with Gasteiger partial charge in [0, 0.05) is 13.3 Å². The van der Waals surface area contributed by atoms with Gasteiger partial charge in [0.05, 0.1) is 26.4 Å². The van der Waals surface area contributed by atoms with Gasteiger partial charge in [-0.25, -0.2) is 0 Å². The number of aliphatic hydroxyl groups is 2. The van der Waals surface area contributed by atoms with Gasteiger partial charge < -0.3 is 19.7 Å². The summed E-state index contributed by atoms with van der Waals surface area (Å²) in [6.07, 6.45) is 20.0. The van der Waals surface area contributed by atoms with Crippen LogP contribution in [-0.4, -0.2) is 48.6 Å². The number of aliphatic hydroxyl groups excluding tert-OH is 2. The number of ether oxygens (including phenoxy) is 2. The zero-order valence-corrected chi connectivity index (χ0v) is 19.7. The molecule has 0 aliphatic rings. The van der Waals surface area contributed by atoms with Gasteiger partial charge in [0.25, 0.3) is 0 Å². The Morgan fingerprint density at radius 3 is 1.33 bits per heavy atom. The highest BCUT2D eigenvalue weighted by molar-refractivity contribution is 5.83. The van der Waals surface area contributed by atoms with Gasteiger partial charge in [0.2, 0.25) is 0 Å². The molecule has 0 aliphatic heterocycles. The smallest absolute Gasteiger partial charge is 0.313 e. The van der Waals surface area contributed by atoms with Crippen molar-refractivity contribution in [1.82, 2.24) is 0 Å². The molecule has 0 rings (SSSR count). The number of esters is 2. The predicted molar refractivity (Wildman–Crippen MR) is 121 cm³/mol. The number of carbonyl (C=O) groups is 2. The summed E-state index contributed by atoms with van der Waals surface area (Å²) in [6, 6.07) is 0. The van der Waals surface area contributed by atoms with E-state index in [1.54, 1.807) is 0 Å². The molecular weight excluding hydrogens is 384 g/mol. The largest absolute Gasteiger partial charge is 0.394 e. The van der Waals surface area contributed by atoms with E-state index in [2.05, 4.69) is 16.4 Å². The maximum absolute atomic E-state index is 11.1. The molecular formula is C24H48O6. The summed E-state index contributed by atoms with van der Waals surface area (Å²) in [7, 11) is 0. The number of carbonyl (C=O) groups excluding carboxylic acids is 2. The number of hydrogen-bond donors (Lipinski definition) is 2. The van der Waals surface area contributed by atoms with Crippen LogP contribution in [0, 0.1) is 0 Å². The van der Waals surface area contributed by atoms with Crippen LogP contribution in [0.4, 0.5) is 0 Å². The number of hydrogen-bond acceptors (Lipinski definition) is 6. The lowest BCUT2D eigenvalue weighted by Gasteiger charge is -2.03. The van der Waals surface area contributed by atoms with E-state index in [-0.39, 0.29) is 19.2 Å². The van der Waals surface area contributed by atoms with E-state index >= 15 is 0 Å². The van der Waals surface area contributed by atoms with Crippen LogP contribution in [-0.2, 0) is 19.1 Å². The van der Waals surface area contributed by atoms with Gasteiger partial charge >= 0.3 is 11.9 Å².